The van der Waals surface area contributed by atoms with Gasteiger partial charge < -0.3 is 20.5 Å². The van der Waals surface area contributed by atoms with Gasteiger partial charge in [0.25, 0.3) is 0 Å². The molecule has 0 saturated heterocycles. The summed E-state index contributed by atoms with van der Waals surface area (Å²) in [7, 11) is 1.57. The van der Waals surface area contributed by atoms with Crippen LogP contribution >= 0.6 is 11.8 Å². The predicted octanol–water partition coefficient (Wildman–Crippen LogP) is 2.16. The fraction of sp³-hybridized carbons (Fsp3) is 0.429. The highest BCUT2D eigenvalue weighted by atomic mass is 32.2. The number of carbonyl (C=O) groups is 2. The molecular formula is C14H20N2O4S. The first-order chi connectivity index (χ1) is 10.1. The van der Waals surface area contributed by atoms with E-state index < -0.39 is 18.0 Å². The summed E-state index contributed by atoms with van der Waals surface area (Å²) in [5.41, 5.74) is 1.43. The van der Waals surface area contributed by atoms with Crippen molar-refractivity contribution in [2.45, 2.75) is 19.1 Å². The van der Waals surface area contributed by atoms with Gasteiger partial charge in [-0.15, -0.1) is 0 Å². The number of hydrogen-bond donors (Lipinski definition) is 3. The van der Waals surface area contributed by atoms with E-state index in [4.69, 9.17) is 9.84 Å². The van der Waals surface area contributed by atoms with Gasteiger partial charge in [-0.1, -0.05) is 18.2 Å². The number of nitrogens with one attached hydrogen (secondary N) is 2. The number of benzene rings is 1. The standard InChI is InChI=1S/C14H20N2O4S/c1-20-9-10-5-3-4-6-11(10)15-14(19)16-12(13(17)18)7-8-21-2/h3-6,12H,7-9H2,1-2H3,(H,17,18)(H2,15,16,19)/t12-/m0/s1. The monoisotopic (exact) mass is 312 g/mol. The maximum Gasteiger partial charge on any atom is 0.326 e. The quantitative estimate of drug-likeness (QED) is 0.684. The van der Waals surface area contributed by atoms with Crippen molar-refractivity contribution in [3.63, 3.8) is 0 Å². The van der Waals surface area contributed by atoms with Crippen LogP contribution in [0.25, 0.3) is 0 Å². The molecule has 2 amide bonds. The van der Waals surface area contributed by atoms with Crippen LogP contribution in [-0.2, 0) is 16.1 Å². The fourth-order valence-corrected chi connectivity index (χ4v) is 2.20. The Morgan fingerprint density at radius 1 is 1.38 bits per heavy atom. The smallest absolute Gasteiger partial charge is 0.326 e. The summed E-state index contributed by atoms with van der Waals surface area (Å²) in [5.74, 6) is -0.373. The third-order valence-electron chi connectivity index (χ3n) is 2.78. The minimum Gasteiger partial charge on any atom is -0.480 e. The van der Waals surface area contributed by atoms with Gasteiger partial charge in [0.1, 0.15) is 6.04 Å². The van der Waals surface area contributed by atoms with Crippen molar-refractivity contribution in [1.29, 1.82) is 0 Å². The Balaban J connectivity index is 2.65. The highest BCUT2D eigenvalue weighted by Gasteiger charge is 2.19. The molecule has 0 spiro atoms. The summed E-state index contributed by atoms with van der Waals surface area (Å²) in [6, 6.07) is 5.78. The molecule has 0 unspecified atom stereocenters. The number of amides is 2. The second-order valence-corrected chi connectivity index (χ2v) is 5.35. The lowest BCUT2D eigenvalue weighted by Gasteiger charge is -2.16. The van der Waals surface area contributed by atoms with Crippen molar-refractivity contribution in [2.24, 2.45) is 0 Å². The van der Waals surface area contributed by atoms with Crippen LogP contribution in [0.3, 0.4) is 0 Å². The number of aliphatic carboxylic acids is 1. The van der Waals surface area contributed by atoms with Crippen molar-refractivity contribution >= 4 is 29.4 Å². The Morgan fingerprint density at radius 3 is 2.71 bits per heavy atom. The number of urea groups is 1. The van der Waals surface area contributed by atoms with Gasteiger partial charge >= 0.3 is 12.0 Å². The number of anilines is 1. The third-order valence-corrected chi connectivity index (χ3v) is 3.42. The molecule has 0 bridgehead atoms. The van der Waals surface area contributed by atoms with Crippen LogP contribution in [0.2, 0.25) is 0 Å². The molecule has 3 N–H and O–H groups in total. The summed E-state index contributed by atoms with van der Waals surface area (Å²) in [6.07, 6.45) is 2.27. The lowest BCUT2D eigenvalue weighted by molar-refractivity contribution is -0.139. The number of carboxylic acid groups (broad SMARTS) is 1. The van der Waals surface area contributed by atoms with Crippen molar-refractivity contribution in [3.05, 3.63) is 29.8 Å². The van der Waals surface area contributed by atoms with Gasteiger partial charge in [-0.2, -0.15) is 11.8 Å². The van der Waals surface area contributed by atoms with Crippen molar-refractivity contribution in [3.8, 4) is 0 Å². The molecule has 0 aliphatic carbocycles. The number of methoxy groups -OCH3 is 1. The molecule has 1 rings (SSSR count). The van der Waals surface area contributed by atoms with Crippen LogP contribution in [0, 0.1) is 0 Å². The highest BCUT2D eigenvalue weighted by molar-refractivity contribution is 7.98. The second kappa shape index (κ2) is 9.25. The minimum absolute atomic E-state index is 0.366. The molecule has 6 nitrogen and oxygen atoms in total. The summed E-state index contributed by atoms with van der Waals surface area (Å²) in [5, 5.41) is 14.2. The molecular weight excluding hydrogens is 292 g/mol. The average Bonchev–Trinajstić information content (AvgIpc) is 2.45. The Bertz CT molecular complexity index is 482. The first-order valence-corrected chi connectivity index (χ1v) is 7.84. The molecule has 0 aliphatic heterocycles. The summed E-state index contributed by atoms with van der Waals surface area (Å²) < 4.78 is 5.05. The number of ether oxygens (including phenoxy) is 1. The first kappa shape index (κ1) is 17.3. The van der Waals surface area contributed by atoms with Crippen molar-refractivity contribution in [2.75, 3.05) is 24.4 Å². The summed E-state index contributed by atoms with van der Waals surface area (Å²) in [6.45, 7) is 0.366. The van der Waals surface area contributed by atoms with E-state index >= 15 is 0 Å². The van der Waals surface area contributed by atoms with E-state index in [0.29, 0.717) is 24.5 Å². The molecule has 0 saturated carbocycles. The molecule has 0 heterocycles. The number of rotatable bonds is 8. The minimum atomic E-state index is -1.04. The number of carbonyl (C=O) groups excluding carboxylic acids is 1. The molecule has 0 fully saturated rings. The van der Waals surface area contributed by atoms with Crippen molar-refractivity contribution in [1.82, 2.24) is 5.32 Å². The van der Waals surface area contributed by atoms with Gasteiger partial charge in [-0.05, 0) is 24.5 Å². The Hall–Kier alpha value is -1.73. The topological polar surface area (TPSA) is 87.7 Å². The SMILES string of the molecule is COCc1ccccc1NC(=O)N[C@@H](CCSC)C(=O)O. The van der Waals surface area contributed by atoms with Gasteiger partial charge in [0.2, 0.25) is 0 Å². The predicted molar refractivity (Wildman–Crippen MR) is 83.7 cm³/mol. The second-order valence-electron chi connectivity index (χ2n) is 4.36. The molecule has 1 atom stereocenters. The molecule has 1 aromatic rings. The molecule has 7 heteroatoms. The first-order valence-electron chi connectivity index (χ1n) is 6.44. The molecule has 0 radical (unpaired) electrons. The van der Waals surface area contributed by atoms with Crippen LogP contribution < -0.4 is 10.6 Å². The van der Waals surface area contributed by atoms with Gasteiger partial charge in [0, 0.05) is 18.4 Å². The number of para-hydroxylation sites is 1. The summed E-state index contributed by atoms with van der Waals surface area (Å²) >= 11 is 1.54. The van der Waals surface area contributed by atoms with Gasteiger partial charge in [-0.25, -0.2) is 9.59 Å². The lowest BCUT2D eigenvalue weighted by Crippen LogP contribution is -2.43. The normalized spacial score (nSPS) is 11.7. The number of carboxylic acids is 1. The van der Waals surface area contributed by atoms with Gasteiger partial charge in [0.15, 0.2) is 0 Å². The maximum atomic E-state index is 11.9. The largest absolute Gasteiger partial charge is 0.480 e. The molecule has 0 aliphatic rings. The zero-order chi connectivity index (χ0) is 15.7. The van der Waals surface area contributed by atoms with E-state index in [-0.39, 0.29) is 0 Å². The van der Waals surface area contributed by atoms with E-state index in [1.807, 2.05) is 18.4 Å². The number of thioether (sulfide) groups is 1. The third kappa shape index (κ3) is 6.05. The zero-order valence-corrected chi connectivity index (χ0v) is 12.9. The Labute approximate surface area is 128 Å². The van der Waals surface area contributed by atoms with Crippen molar-refractivity contribution < 1.29 is 19.4 Å². The lowest BCUT2D eigenvalue weighted by atomic mass is 10.2. The molecule has 1 aromatic carbocycles. The van der Waals surface area contributed by atoms with E-state index in [9.17, 15) is 9.59 Å². The van der Waals surface area contributed by atoms with Crippen LogP contribution in [0.1, 0.15) is 12.0 Å². The highest BCUT2D eigenvalue weighted by Crippen LogP contribution is 2.15. The molecule has 116 valence electrons. The fourth-order valence-electron chi connectivity index (χ4n) is 1.73. The maximum absolute atomic E-state index is 11.9. The van der Waals surface area contributed by atoms with E-state index in [1.54, 1.807) is 19.2 Å². The van der Waals surface area contributed by atoms with E-state index in [2.05, 4.69) is 10.6 Å². The average molecular weight is 312 g/mol. The Morgan fingerprint density at radius 2 is 2.10 bits per heavy atom. The van der Waals surface area contributed by atoms with E-state index in [0.717, 1.165) is 5.56 Å². The Kier molecular flexibility index (Phi) is 7.63. The van der Waals surface area contributed by atoms with Crippen LogP contribution in [0.5, 0.6) is 0 Å². The number of hydrogen-bond acceptors (Lipinski definition) is 4. The van der Waals surface area contributed by atoms with Gasteiger partial charge in [-0.3, -0.25) is 0 Å². The molecule has 21 heavy (non-hydrogen) atoms. The summed E-state index contributed by atoms with van der Waals surface area (Å²) in [4.78, 5) is 23.0. The van der Waals surface area contributed by atoms with Crippen LogP contribution in [0.15, 0.2) is 24.3 Å². The van der Waals surface area contributed by atoms with E-state index in [1.165, 1.54) is 11.8 Å². The van der Waals surface area contributed by atoms with Gasteiger partial charge in [0.05, 0.1) is 6.61 Å². The van der Waals surface area contributed by atoms with Crippen LogP contribution in [0.4, 0.5) is 10.5 Å². The zero-order valence-electron chi connectivity index (χ0n) is 12.1. The molecule has 0 aromatic heterocycles. The van der Waals surface area contributed by atoms with Crippen LogP contribution in [-0.4, -0.2) is 42.3 Å².